The fraction of sp³-hybridized carbons (Fsp3) is 0.652. The number of benzene rings is 1. The van der Waals surface area contributed by atoms with Gasteiger partial charge in [0.25, 0.3) is 0 Å². The summed E-state index contributed by atoms with van der Waals surface area (Å²) in [6, 6.07) is 10.1. The van der Waals surface area contributed by atoms with E-state index in [4.69, 9.17) is 0 Å². The van der Waals surface area contributed by atoms with Gasteiger partial charge in [-0.2, -0.15) is 0 Å². The Kier molecular flexibility index (Phi) is 5.66. The van der Waals surface area contributed by atoms with E-state index in [0.717, 1.165) is 19.1 Å². The zero-order valence-electron chi connectivity index (χ0n) is 16.3. The number of hydrogen-bond acceptors (Lipinski definition) is 3. The fourth-order valence-electron chi connectivity index (χ4n) is 5.00. The van der Waals surface area contributed by atoms with Crippen LogP contribution in [0.5, 0.6) is 0 Å². The molecule has 2 aliphatic heterocycles. The van der Waals surface area contributed by atoms with Crippen molar-refractivity contribution < 1.29 is 0 Å². The molecule has 1 spiro atoms. The molecular formula is C23H35N3. The van der Waals surface area contributed by atoms with Gasteiger partial charge in [-0.15, -0.1) is 6.58 Å². The van der Waals surface area contributed by atoms with Crippen LogP contribution in [0.1, 0.15) is 50.5 Å². The molecule has 0 amide bonds. The van der Waals surface area contributed by atoms with Crippen molar-refractivity contribution in [3.05, 3.63) is 42.5 Å². The second-order valence-corrected chi connectivity index (χ2v) is 8.69. The molecule has 2 saturated heterocycles. The Hall–Kier alpha value is -1.32. The van der Waals surface area contributed by atoms with E-state index in [1.807, 2.05) is 6.08 Å². The van der Waals surface area contributed by atoms with Crippen molar-refractivity contribution in [1.82, 2.24) is 10.2 Å². The van der Waals surface area contributed by atoms with Gasteiger partial charge in [-0.3, -0.25) is 0 Å². The maximum absolute atomic E-state index is 3.75. The van der Waals surface area contributed by atoms with Gasteiger partial charge in [0, 0.05) is 37.9 Å². The molecule has 142 valence electrons. The van der Waals surface area contributed by atoms with Gasteiger partial charge >= 0.3 is 0 Å². The van der Waals surface area contributed by atoms with Gasteiger partial charge in [0.1, 0.15) is 0 Å². The maximum Gasteiger partial charge on any atom is 0.0366 e. The third-order valence-electron chi connectivity index (χ3n) is 7.19. The molecular weight excluding hydrogens is 318 g/mol. The van der Waals surface area contributed by atoms with Crippen molar-refractivity contribution in [2.75, 3.05) is 37.6 Å². The first-order chi connectivity index (χ1) is 12.8. The molecule has 0 unspecified atom stereocenters. The lowest BCUT2D eigenvalue weighted by atomic mass is 9.70. The molecule has 3 fully saturated rings. The van der Waals surface area contributed by atoms with E-state index >= 15 is 0 Å². The number of hydrogen-bond donors (Lipinski definition) is 1. The van der Waals surface area contributed by atoms with Crippen LogP contribution in [-0.4, -0.2) is 43.7 Å². The molecule has 0 bridgehead atoms. The summed E-state index contributed by atoms with van der Waals surface area (Å²) >= 11 is 0. The van der Waals surface area contributed by atoms with Crippen LogP contribution in [0.2, 0.25) is 0 Å². The molecule has 3 aliphatic rings. The molecule has 1 aromatic rings. The van der Waals surface area contributed by atoms with E-state index in [1.54, 1.807) is 0 Å². The second kappa shape index (κ2) is 8.14. The molecule has 3 heteroatoms. The molecule has 1 N–H and O–H groups in total. The fourth-order valence-corrected chi connectivity index (χ4v) is 5.00. The summed E-state index contributed by atoms with van der Waals surface area (Å²) in [7, 11) is 0. The average molecular weight is 354 g/mol. The molecule has 0 atom stereocenters. The zero-order valence-corrected chi connectivity index (χ0v) is 16.3. The summed E-state index contributed by atoms with van der Waals surface area (Å²) in [4.78, 5) is 5.39. The Morgan fingerprint density at radius 2 is 1.65 bits per heavy atom. The summed E-state index contributed by atoms with van der Waals surface area (Å²) in [5.74, 6) is 0. The first kappa shape index (κ1) is 18.1. The molecule has 0 aromatic heterocycles. The summed E-state index contributed by atoms with van der Waals surface area (Å²) in [5.41, 5.74) is 3.40. The lowest BCUT2D eigenvalue weighted by Gasteiger charge is -2.50. The second-order valence-electron chi connectivity index (χ2n) is 8.69. The van der Waals surface area contributed by atoms with Crippen LogP contribution in [0.4, 0.5) is 5.69 Å². The Labute approximate surface area is 159 Å². The Morgan fingerprint density at radius 1 is 1.00 bits per heavy atom. The van der Waals surface area contributed by atoms with Crippen molar-refractivity contribution in [1.29, 1.82) is 0 Å². The van der Waals surface area contributed by atoms with Gasteiger partial charge in [-0.25, -0.2) is 0 Å². The Bertz CT molecular complexity index is 572. The molecule has 26 heavy (non-hydrogen) atoms. The van der Waals surface area contributed by atoms with Crippen LogP contribution >= 0.6 is 0 Å². The van der Waals surface area contributed by atoms with Crippen LogP contribution in [0.3, 0.4) is 0 Å². The quantitative estimate of drug-likeness (QED) is 0.611. The number of piperidine rings is 2. The van der Waals surface area contributed by atoms with Crippen molar-refractivity contribution in [3.63, 3.8) is 0 Å². The summed E-state index contributed by atoms with van der Waals surface area (Å²) in [6.07, 6.45) is 11.9. The van der Waals surface area contributed by atoms with Crippen molar-refractivity contribution in [2.45, 2.75) is 57.5 Å². The summed E-state index contributed by atoms with van der Waals surface area (Å²) in [6.45, 7) is 10.7. The van der Waals surface area contributed by atoms with Gasteiger partial charge in [0.05, 0.1) is 0 Å². The molecule has 4 rings (SSSR count). The molecule has 1 aliphatic carbocycles. The van der Waals surface area contributed by atoms with Gasteiger partial charge in [0.2, 0.25) is 0 Å². The van der Waals surface area contributed by atoms with E-state index in [-0.39, 0.29) is 0 Å². The SMILES string of the molecule is C=CCNCc1ccc(N2CCC3(CC2)CCN(C2CCC2)CC3)cc1. The number of nitrogens with one attached hydrogen (secondary N) is 1. The predicted molar refractivity (Wildman–Crippen MR) is 111 cm³/mol. The zero-order chi connectivity index (χ0) is 17.8. The van der Waals surface area contributed by atoms with Crippen molar-refractivity contribution in [2.24, 2.45) is 5.41 Å². The minimum Gasteiger partial charge on any atom is -0.371 e. The maximum atomic E-state index is 3.75. The number of nitrogens with zero attached hydrogens (tertiary/aromatic N) is 2. The van der Waals surface area contributed by atoms with Gasteiger partial charge in [-0.05, 0) is 74.7 Å². The highest BCUT2D eigenvalue weighted by molar-refractivity contribution is 5.48. The lowest BCUT2D eigenvalue weighted by Crippen LogP contribution is -2.50. The topological polar surface area (TPSA) is 18.5 Å². The number of rotatable bonds is 6. The van der Waals surface area contributed by atoms with Crippen LogP contribution in [-0.2, 0) is 6.54 Å². The third kappa shape index (κ3) is 3.99. The van der Waals surface area contributed by atoms with Crippen LogP contribution < -0.4 is 10.2 Å². The predicted octanol–water partition coefficient (Wildman–Crippen LogP) is 4.20. The number of likely N-dealkylation sites (tertiary alicyclic amines) is 1. The monoisotopic (exact) mass is 353 g/mol. The third-order valence-corrected chi connectivity index (χ3v) is 7.19. The minimum atomic E-state index is 0.644. The number of anilines is 1. The van der Waals surface area contributed by atoms with Crippen molar-refractivity contribution in [3.8, 4) is 0 Å². The summed E-state index contributed by atoms with van der Waals surface area (Å²) < 4.78 is 0. The molecule has 1 aromatic carbocycles. The molecule has 2 heterocycles. The van der Waals surface area contributed by atoms with E-state index in [1.165, 1.54) is 82.4 Å². The highest BCUT2D eigenvalue weighted by Gasteiger charge is 2.39. The first-order valence-electron chi connectivity index (χ1n) is 10.7. The van der Waals surface area contributed by atoms with Gasteiger partial charge in [0.15, 0.2) is 0 Å². The Morgan fingerprint density at radius 3 is 2.23 bits per heavy atom. The normalized spacial score (nSPS) is 23.8. The highest BCUT2D eigenvalue weighted by atomic mass is 15.2. The van der Waals surface area contributed by atoms with E-state index in [2.05, 4.69) is 46.0 Å². The van der Waals surface area contributed by atoms with Crippen LogP contribution in [0.15, 0.2) is 36.9 Å². The van der Waals surface area contributed by atoms with E-state index in [9.17, 15) is 0 Å². The smallest absolute Gasteiger partial charge is 0.0366 e. The molecule has 0 radical (unpaired) electrons. The van der Waals surface area contributed by atoms with Gasteiger partial charge < -0.3 is 15.1 Å². The molecule has 3 nitrogen and oxygen atoms in total. The average Bonchev–Trinajstić information content (AvgIpc) is 2.64. The van der Waals surface area contributed by atoms with E-state index in [0.29, 0.717) is 5.41 Å². The first-order valence-corrected chi connectivity index (χ1v) is 10.7. The summed E-state index contributed by atoms with van der Waals surface area (Å²) in [5, 5.41) is 3.37. The lowest BCUT2D eigenvalue weighted by molar-refractivity contribution is 0.0306. The standard InChI is InChI=1S/C23H35N3/c1-2-14-24-19-20-6-8-22(9-7-20)26-17-12-23(13-18-26)10-15-25(16-11-23)21-4-3-5-21/h2,6-9,21,24H,1,3-5,10-19H2. The Balaban J connectivity index is 1.26. The van der Waals surface area contributed by atoms with Crippen LogP contribution in [0, 0.1) is 5.41 Å². The molecule has 1 saturated carbocycles. The minimum absolute atomic E-state index is 0.644. The van der Waals surface area contributed by atoms with Gasteiger partial charge in [-0.1, -0.05) is 24.6 Å². The highest BCUT2D eigenvalue weighted by Crippen LogP contribution is 2.43. The van der Waals surface area contributed by atoms with Crippen molar-refractivity contribution >= 4 is 5.69 Å². The largest absolute Gasteiger partial charge is 0.371 e. The van der Waals surface area contributed by atoms with Crippen LogP contribution in [0.25, 0.3) is 0 Å². The van der Waals surface area contributed by atoms with E-state index < -0.39 is 0 Å².